The maximum Gasteiger partial charge on any atom is 0.0218 e. The number of hydrogen-bond donors (Lipinski definition) is 0. The molecule has 0 amide bonds. The molecule has 0 aliphatic carbocycles. The van der Waals surface area contributed by atoms with Crippen LogP contribution in [0.1, 0.15) is 33.1 Å². The van der Waals surface area contributed by atoms with Crippen molar-refractivity contribution < 1.29 is 0 Å². The maximum atomic E-state index is 3.52. The lowest BCUT2D eigenvalue weighted by Crippen LogP contribution is -2.51. The molecular weight excluding hydrogens is 264 g/mol. The van der Waals surface area contributed by atoms with Gasteiger partial charge in [-0.15, -0.1) is 0 Å². The molecule has 0 radical (unpaired) electrons. The van der Waals surface area contributed by atoms with E-state index in [1.165, 1.54) is 45.4 Å². The van der Waals surface area contributed by atoms with Gasteiger partial charge in [0.2, 0.25) is 0 Å². The highest BCUT2D eigenvalue weighted by molar-refractivity contribution is 9.09. The van der Waals surface area contributed by atoms with E-state index in [0.717, 1.165) is 17.3 Å². The molecule has 2 atom stereocenters. The molecule has 1 saturated heterocycles. The quantitative estimate of drug-likeness (QED) is 0.694. The van der Waals surface area contributed by atoms with Crippen LogP contribution in [0.25, 0.3) is 0 Å². The van der Waals surface area contributed by atoms with Crippen LogP contribution in [0.4, 0.5) is 0 Å². The van der Waals surface area contributed by atoms with Crippen LogP contribution in [0.2, 0.25) is 0 Å². The summed E-state index contributed by atoms with van der Waals surface area (Å²) in [6, 6.07) is 0.778. The van der Waals surface area contributed by atoms with Gasteiger partial charge >= 0.3 is 0 Å². The predicted octanol–water partition coefficient (Wildman–Crippen LogP) is 2.82. The Kier molecular flexibility index (Phi) is 6.94. The van der Waals surface area contributed by atoms with E-state index in [0.29, 0.717) is 0 Å². The third-order valence-electron chi connectivity index (χ3n) is 3.87. The van der Waals surface area contributed by atoms with Crippen LogP contribution in [0.15, 0.2) is 0 Å². The van der Waals surface area contributed by atoms with Gasteiger partial charge in [0.05, 0.1) is 0 Å². The molecule has 3 heteroatoms. The van der Waals surface area contributed by atoms with Crippen LogP contribution in [0.5, 0.6) is 0 Å². The van der Waals surface area contributed by atoms with E-state index < -0.39 is 0 Å². The highest BCUT2D eigenvalue weighted by Crippen LogP contribution is 2.14. The second-order valence-corrected chi connectivity index (χ2v) is 6.01. The van der Waals surface area contributed by atoms with E-state index in [1.54, 1.807) is 0 Å². The average molecular weight is 291 g/mol. The zero-order valence-corrected chi connectivity index (χ0v) is 12.7. The highest BCUT2D eigenvalue weighted by Gasteiger charge is 2.22. The lowest BCUT2D eigenvalue weighted by molar-refractivity contribution is 0.0894. The van der Waals surface area contributed by atoms with Gasteiger partial charge in [-0.3, -0.25) is 0 Å². The van der Waals surface area contributed by atoms with Crippen molar-refractivity contribution in [2.75, 3.05) is 38.6 Å². The standard InChI is InChI=1S/C13H27BrN2/c1-4-13-11-16(10-9-15(13)3)8-6-12(2)5-7-14/h12-13H,4-11H2,1-3H3. The van der Waals surface area contributed by atoms with E-state index in [2.05, 4.69) is 46.6 Å². The minimum Gasteiger partial charge on any atom is -0.301 e. The van der Waals surface area contributed by atoms with Crippen LogP contribution in [0.3, 0.4) is 0 Å². The molecular formula is C13H27BrN2. The molecule has 96 valence electrons. The van der Waals surface area contributed by atoms with Crippen molar-refractivity contribution in [1.29, 1.82) is 0 Å². The first-order valence-corrected chi connectivity index (χ1v) is 7.78. The van der Waals surface area contributed by atoms with Gasteiger partial charge in [0.25, 0.3) is 0 Å². The molecule has 0 bridgehead atoms. The Morgan fingerprint density at radius 3 is 2.69 bits per heavy atom. The number of hydrogen-bond acceptors (Lipinski definition) is 2. The van der Waals surface area contributed by atoms with E-state index in [4.69, 9.17) is 0 Å². The monoisotopic (exact) mass is 290 g/mol. The van der Waals surface area contributed by atoms with Gasteiger partial charge in [-0.25, -0.2) is 0 Å². The van der Waals surface area contributed by atoms with E-state index in [1.807, 2.05) is 0 Å². The molecule has 0 spiro atoms. The minimum absolute atomic E-state index is 0.778. The van der Waals surface area contributed by atoms with E-state index >= 15 is 0 Å². The van der Waals surface area contributed by atoms with Crippen LogP contribution in [-0.4, -0.2) is 54.4 Å². The molecule has 1 heterocycles. The van der Waals surface area contributed by atoms with Gasteiger partial charge in [0, 0.05) is 31.0 Å². The lowest BCUT2D eigenvalue weighted by atomic mass is 10.0. The zero-order chi connectivity index (χ0) is 12.0. The maximum absolute atomic E-state index is 3.52. The Labute approximate surface area is 109 Å². The molecule has 0 saturated carbocycles. The summed E-state index contributed by atoms with van der Waals surface area (Å²) in [5.74, 6) is 0.860. The van der Waals surface area contributed by atoms with Crippen molar-refractivity contribution in [2.45, 2.75) is 39.2 Å². The fourth-order valence-corrected chi connectivity index (χ4v) is 3.17. The van der Waals surface area contributed by atoms with Gasteiger partial charge < -0.3 is 9.80 Å². The number of likely N-dealkylation sites (N-methyl/N-ethyl adjacent to an activating group) is 1. The SMILES string of the molecule is CCC1CN(CCC(C)CCBr)CCN1C. The predicted molar refractivity (Wildman–Crippen MR) is 75.3 cm³/mol. The van der Waals surface area contributed by atoms with Crippen molar-refractivity contribution in [2.24, 2.45) is 5.92 Å². The zero-order valence-electron chi connectivity index (χ0n) is 11.1. The minimum atomic E-state index is 0.778. The molecule has 1 fully saturated rings. The second kappa shape index (κ2) is 7.67. The summed E-state index contributed by atoms with van der Waals surface area (Å²) in [6.07, 6.45) is 3.95. The second-order valence-electron chi connectivity index (χ2n) is 5.21. The fourth-order valence-electron chi connectivity index (χ4n) is 2.39. The molecule has 2 unspecified atom stereocenters. The number of alkyl halides is 1. The first kappa shape index (κ1) is 14.5. The summed E-state index contributed by atoms with van der Waals surface area (Å²) >= 11 is 3.52. The number of piperazine rings is 1. The fraction of sp³-hybridized carbons (Fsp3) is 1.00. The summed E-state index contributed by atoms with van der Waals surface area (Å²) in [7, 11) is 2.26. The Hall–Kier alpha value is 0.400. The molecule has 2 nitrogen and oxygen atoms in total. The first-order chi connectivity index (χ1) is 7.67. The van der Waals surface area contributed by atoms with Crippen molar-refractivity contribution in [3.05, 3.63) is 0 Å². The molecule has 16 heavy (non-hydrogen) atoms. The largest absolute Gasteiger partial charge is 0.301 e. The smallest absolute Gasteiger partial charge is 0.0218 e. The van der Waals surface area contributed by atoms with Gasteiger partial charge in [0.1, 0.15) is 0 Å². The van der Waals surface area contributed by atoms with E-state index in [9.17, 15) is 0 Å². The Balaban J connectivity index is 2.22. The summed E-state index contributed by atoms with van der Waals surface area (Å²) in [4.78, 5) is 5.16. The van der Waals surface area contributed by atoms with Crippen molar-refractivity contribution in [3.63, 3.8) is 0 Å². The van der Waals surface area contributed by atoms with Gasteiger partial charge in [-0.05, 0) is 38.8 Å². The van der Waals surface area contributed by atoms with E-state index in [-0.39, 0.29) is 0 Å². The molecule has 0 N–H and O–H groups in total. The van der Waals surface area contributed by atoms with Crippen LogP contribution >= 0.6 is 15.9 Å². The Morgan fingerprint density at radius 2 is 2.06 bits per heavy atom. The summed E-state index contributed by atoms with van der Waals surface area (Å²) in [5, 5.41) is 1.15. The average Bonchev–Trinajstić information content (AvgIpc) is 2.28. The summed E-state index contributed by atoms with van der Waals surface area (Å²) < 4.78 is 0. The van der Waals surface area contributed by atoms with Crippen LogP contribution in [-0.2, 0) is 0 Å². The molecule has 1 aliphatic heterocycles. The van der Waals surface area contributed by atoms with Gasteiger partial charge in [-0.1, -0.05) is 29.8 Å². The third kappa shape index (κ3) is 4.72. The normalized spacial score (nSPS) is 25.9. The molecule has 0 aromatic heterocycles. The number of rotatable bonds is 6. The third-order valence-corrected chi connectivity index (χ3v) is 4.33. The van der Waals surface area contributed by atoms with Gasteiger partial charge in [0.15, 0.2) is 0 Å². The molecule has 1 rings (SSSR count). The summed E-state index contributed by atoms with van der Waals surface area (Å²) in [5.41, 5.74) is 0. The Morgan fingerprint density at radius 1 is 1.31 bits per heavy atom. The first-order valence-electron chi connectivity index (χ1n) is 6.66. The van der Waals surface area contributed by atoms with Crippen LogP contribution in [0, 0.1) is 5.92 Å². The molecule has 0 aromatic carbocycles. The van der Waals surface area contributed by atoms with Crippen molar-refractivity contribution in [3.8, 4) is 0 Å². The summed E-state index contributed by atoms with van der Waals surface area (Å²) in [6.45, 7) is 9.73. The number of nitrogens with zero attached hydrogens (tertiary/aromatic N) is 2. The van der Waals surface area contributed by atoms with Crippen molar-refractivity contribution >= 4 is 15.9 Å². The highest BCUT2D eigenvalue weighted by atomic mass is 79.9. The van der Waals surface area contributed by atoms with Crippen molar-refractivity contribution in [1.82, 2.24) is 9.80 Å². The molecule has 0 aromatic rings. The lowest BCUT2D eigenvalue weighted by Gasteiger charge is -2.39. The Bertz CT molecular complexity index is 187. The number of halogens is 1. The topological polar surface area (TPSA) is 6.48 Å². The van der Waals surface area contributed by atoms with Crippen LogP contribution < -0.4 is 0 Å². The van der Waals surface area contributed by atoms with Gasteiger partial charge in [-0.2, -0.15) is 0 Å². The molecule has 1 aliphatic rings.